The van der Waals surface area contributed by atoms with E-state index in [0.29, 0.717) is 16.3 Å². The highest BCUT2D eigenvalue weighted by Gasteiger charge is 2.12. The van der Waals surface area contributed by atoms with Gasteiger partial charge in [-0.2, -0.15) is 0 Å². The van der Waals surface area contributed by atoms with Crippen molar-refractivity contribution in [1.29, 1.82) is 0 Å². The molecule has 3 rings (SSSR count). The Morgan fingerprint density at radius 1 is 1.17 bits per heavy atom. The van der Waals surface area contributed by atoms with Gasteiger partial charge < -0.3 is 5.32 Å². The van der Waals surface area contributed by atoms with Crippen molar-refractivity contribution in [3.8, 4) is 5.69 Å². The number of hydrogen-bond donors (Lipinski definition) is 1. The molecule has 0 aliphatic heterocycles. The van der Waals surface area contributed by atoms with Gasteiger partial charge in [-0.25, -0.2) is 13.5 Å². The van der Waals surface area contributed by atoms with E-state index in [1.807, 2.05) is 0 Å². The molecule has 2 aromatic carbocycles. The number of rotatable bonds is 4. The number of carbonyl (C=O) groups is 1. The van der Waals surface area contributed by atoms with Gasteiger partial charge in [0.2, 0.25) is 0 Å². The summed E-state index contributed by atoms with van der Waals surface area (Å²) in [5.41, 5.74) is 1.19. The van der Waals surface area contributed by atoms with Crippen molar-refractivity contribution in [3.05, 3.63) is 76.6 Å². The SMILES string of the molecule is O=C(NCc1ccc(F)c(F)c1)c1cn(-c2cccc(Cl)c2)nn1. The van der Waals surface area contributed by atoms with Crippen LogP contribution in [0.2, 0.25) is 5.02 Å². The average Bonchev–Trinajstić information content (AvgIpc) is 3.06. The summed E-state index contributed by atoms with van der Waals surface area (Å²) < 4.78 is 27.4. The summed E-state index contributed by atoms with van der Waals surface area (Å²) in [6.45, 7) is 0.0417. The first-order valence-electron chi connectivity index (χ1n) is 6.93. The second-order valence-corrected chi connectivity index (χ2v) is 5.40. The minimum Gasteiger partial charge on any atom is -0.347 e. The van der Waals surface area contributed by atoms with E-state index in [0.717, 1.165) is 12.1 Å². The maximum absolute atomic E-state index is 13.1. The topological polar surface area (TPSA) is 59.8 Å². The highest BCUT2D eigenvalue weighted by molar-refractivity contribution is 6.30. The first kappa shape index (κ1) is 16.1. The van der Waals surface area contributed by atoms with Gasteiger partial charge in [0, 0.05) is 11.6 Å². The lowest BCUT2D eigenvalue weighted by molar-refractivity contribution is 0.0946. The molecule has 3 aromatic rings. The van der Waals surface area contributed by atoms with E-state index in [9.17, 15) is 13.6 Å². The Balaban J connectivity index is 1.68. The molecule has 0 aliphatic carbocycles. The molecule has 5 nitrogen and oxygen atoms in total. The molecular weight excluding hydrogens is 338 g/mol. The second kappa shape index (κ2) is 6.76. The number of carbonyl (C=O) groups excluding carboxylic acids is 1. The van der Waals surface area contributed by atoms with Gasteiger partial charge in [0.05, 0.1) is 11.9 Å². The molecule has 0 fully saturated rings. The quantitative estimate of drug-likeness (QED) is 0.788. The summed E-state index contributed by atoms with van der Waals surface area (Å²) in [6, 6.07) is 10.3. The Morgan fingerprint density at radius 3 is 2.75 bits per heavy atom. The number of amides is 1. The van der Waals surface area contributed by atoms with Crippen molar-refractivity contribution < 1.29 is 13.6 Å². The molecule has 0 aliphatic rings. The molecule has 0 bridgehead atoms. The van der Waals surface area contributed by atoms with E-state index in [1.54, 1.807) is 24.3 Å². The number of halogens is 3. The molecule has 24 heavy (non-hydrogen) atoms. The smallest absolute Gasteiger partial charge is 0.273 e. The molecule has 1 aromatic heterocycles. The maximum atomic E-state index is 13.1. The van der Waals surface area contributed by atoms with Crippen LogP contribution in [0.3, 0.4) is 0 Å². The van der Waals surface area contributed by atoms with E-state index in [2.05, 4.69) is 15.6 Å². The van der Waals surface area contributed by atoms with E-state index >= 15 is 0 Å². The number of benzene rings is 2. The van der Waals surface area contributed by atoms with Gasteiger partial charge in [-0.1, -0.05) is 28.9 Å². The molecule has 0 saturated heterocycles. The zero-order valence-electron chi connectivity index (χ0n) is 12.2. The lowest BCUT2D eigenvalue weighted by Crippen LogP contribution is -2.23. The molecule has 8 heteroatoms. The maximum Gasteiger partial charge on any atom is 0.273 e. The van der Waals surface area contributed by atoms with E-state index in [4.69, 9.17) is 11.6 Å². The predicted octanol–water partition coefficient (Wildman–Crippen LogP) is 3.13. The third-order valence-corrected chi connectivity index (χ3v) is 3.47. The van der Waals surface area contributed by atoms with Crippen LogP contribution in [0.4, 0.5) is 8.78 Å². The van der Waals surface area contributed by atoms with Crippen LogP contribution < -0.4 is 5.32 Å². The zero-order chi connectivity index (χ0) is 17.1. The Kier molecular flexibility index (Phi) is 4.52. The summed E-state index contributed by atoms with van der Waals surface area (Å²) in [5, 5.41) is 10.8. The average molecular weight is 349 g/mol. The first-order chi connectivity index (χ1) is 11.5. The Morgan fingerprint density at radius 2 is 2.00 bits per heavy atom. The van der Waals surface area contributed by atoms with Gasteiger partial charge >= 0.3 is 0 Å². The summed E-state index contributed by atoms with van der Waals surface area (Å²) in [7, 11) is 0. The first-order valence-corrected chi connectivity index (χ1v) is 7.31. The van der Waals surface area contributed by atoms with Gasteiger partial charge in [-0.15, -0.1) is 5.10 Å². The monoisotopic (exact) mass is 348 g/mol. The van der Waals surface area contributed by atoms with Crippen LogP contribution in [-0.4, -0.2) is 20.9 Å². The molecule has 0 saturated carbocycles. The highest BCUT2D eigenvalue weighted by atomic mass is 35.5. The van der Waals surface area contributed by atoms with Crippen LogP contribution in [0.5, 0.6) is 0 Å². The highest BCUT2D eigenvalue weighted by Crippen LogP contribution is 2.14. The predicted molar refractivity (Wildman–Crippen MR) is 83.9 cm³/mol. The van der Waals surface area contributed by atoms with Crippen LogP contribution in [0.25, 0.3) is 5.69 Å². The Labute approximate surface area is 140 Å². The van der Waals surface area contributed by atoms with Gasteiger partial charge in [0.1, 0.15) is 0 Å². The second-order valence-electron chi connectivity index (χ2n) is 4.96. The summed E-state index contributed by atoms with van der Waals surface area (Å²) in [5.74, 6) is -2.38. The minimum absolute atomic E-state index is 0.0417. The zero-order valence-corrected chi connectivity index (χ0v) is 13.0. The van der Waals surface area contributed by atoms with E-state index in [1.165, 1.54) is 16.9 Å². The third-order valence-electron chi connectivity index (χ3n) is 3.24. The summed E-state index contributed by atoms with van der Waals surface area (Å²) in [6.07, 6.45) is 1.45. The fourth-order valence-corrected chi connectivity index (χ4v) is 2.22. The van der Waals surface area contributed by atoms with Crippen molar-refractivity contribution in [2.45, 2.75) is 6.54 Å². The van der Waals surface area contributed by atoms with E-state index < -0.39 is 17.5 Å². The van der Waals surface area contributed by atoms with Gasteiger partial charge in [0.25, 0.3) is 5.91 Å². The lowest BCUT2D eigenvalue weighted by atomic mass is 10.2. The molecule has 122 valence electrons. The molecule has 0 spiro atoms. The number of nitrogens with zero attached hydrogens (tertiary/aromatic N) is 3. The van der Waals surface area contributed by atoms with Crippen LogP contribution in [0, 0.1) is 11.6 Å². The summed E-state index contributed by atoms with van der Waals surface area (Å²) >= 11 is 5.91. The molecule has 1 N–H and O–H groups in total. The lowest BCUT2D eigenvalue weighted by Gasteiger charge is -2.03. The largest absolute Gasteiger partial charge is 0.347 e. The van der Waals surface area contributed by atoms with Crippen LogP contribution >= 0.6 is 11.6 Å². The number of aromatic nitrogens is 3. The standard InChI is InChI=1S/C16H11ClF2N4O/c17-11-2-1-3-12(7-11)23-9-15(21-22-23)16(24)20-8-10-4-5-13(18)14(19)6-10/h1-7,9H,8H2,(H,20,24). The van der Waals surface area contributed by atoms with Gasteiger partial charge in [-0.05, 0) is 35.9 Å². The van der Waals surface area contributed by atoms with Crippen molar-refractivity contribution >= 4 is 17.5 Å². The van der Waals surface area contributed by atoms with Crippen LogP contribution in [-0.2, 0) is 6.54 Å². The number of nitrogens with one attached hydrogen (secondary N) is 1. The fraction of sp³-hybridized carbons (Fsp3) is 0.0625. The molecule has 1 heterocycles. The van der Waals surface area contributed by atoms with Gasteiger partial charge in [0.15, 0.2) is 17.3 Å². The van der Waals surface area contributed by atoms with E-state index in [-0.39, 0.29) is 12.2 Å². The minimum atomic E-state index is -0.964. The van der Waals surface area contributed by atoms with Gasteiger partial charge in [-0.3, -0.25) is 4.79 Å². The van der Waals surface area contributed by atoms with Crippen molar-refractivity contribution in [1.82, 2.24) is 20.3 Å². The molecular formula is C16H11ClF2N4O. The Bertz CT molecular complexity index is 897. The number of hydrogen-bond acceptors (Lipinski definition) is 3. The molecule has 0 atom stereocenters. The van der Waals surface area contributed by atoms with Crippen LogP contribution in [0.1, 0.15) is 16.1 Å². The van der Waals surface area contributed by atoms with Crippen LogP contribution in [0.15, 0.2) is 48.7 Å². The molecule has 1 amide bonds. The van der Waals surface area contributed by atoms with Crippen molar-refractivity contribution in [2.75, 3.05) is 0 Å². The Hall–Kier alpha value is -2.80. The molecule has 0 unspecified atom stereocenters. The molecule has 0 radical (unpaired) electrons. The van der Waals surface area contributed by atoms with Crippen molar-refractivity contribution in [2.24, 2.45) is 0 Å². The summed E-state index contributed by atoms with van der Waals surface area (Å²) in [4.78, 5) is 12.1. The fourth-order valence-electron chi connectivity index (χ4n) is 2.04. The normalized spacial score (nSPS) is 10.6. The van der Waals surface area contributed by atoms with Crippen molar-refractivity contribution in [3.63, 3.8) is 0 Å². The third kappa shape index (κ3) is 3.57.